The van der Waals surface area contributed by atoms with Gasteiger partial charge in [0.1, 0.15) is 6.04 Å². The van der Waals surface area contributed by atoms with Crippen LogP contribution in [-0.4, -0.2) is 55.1 Å². The Labute approximate surface area is 247 Å². The van der Waals surface area contributed by atoms with Crippen LogP contribution in [0.3, 0.4) is 0 Å². The molecule has 0 fully saturated rings. The van der Waals surface area contributed by atoms with Crippen LogP contribution in [0.2, 0.25) is 10.0 Å². The van der Waals surface area contributed by atoms with Crippen LogP contribution in [0.1, 0.15) is 37.0 Å². The molecule has 2 unspecified atom stereocenters. The molecule has 3 aromatic rings. The van der Waals surface area contributed by atoms with E-state index in [0.717, 1.165) is 15.4 Å². The minimum Gasteiger partial charge on any atom is -0.352 e. The lowest BCUT2D eigenvalue weighted by molar-refractivity contribution is -0.141. The molecule has 2 atom stereocenters. The lowest BCUT2D eigenvalue weighted by Gasteiger charge is -2.33. The molecule has 0 spiro atoms. The molecule has 40 heavy (non-hydrogen) atoms. The summed E-state index contributed by atoms with van der Waals surface area (Å²) in [7, 11) is -2.59. The topological polar surface area (TPSA) is 86.8 Å². The molecule has 0 aliphatic rings. The lowest BCUT2D eigenvalue weighted by atomic mass is 10.0. The molecule has 0 saturated heterocycles. The smallest absolute Gasteiger partial charge is 0.243 e. The summed E-state index contributed by atoms with van der Waals surface area (Å²) in [5, 5.41) is 3.67. The zero-order valence-electron chi connectivity index (χ0n) is 23.1. The predicted octanol–water partition coefficient (Wildman–Crippen LogP) is 5.48. The molecule has 0 bridgehead atoms. The highest BCUT2D eigenvalue weighted by molar-refractivity contribution is 7.89. The van der Waals surface area contributed by atoms with Gasteiger partial charge < -0.3 is 10.2 Å². The van der Waals surface area contributed by atoms with Crippen LogP contribution in [0, 0.1) is 6.92 Å². The minimum absolute atomic E-state index is 0.0273. The summed E-state index contributed by atoms with van der Waals surface area (Å²) < 4.78 is 27.5. The molecule has 7 nitrogen and oxygen atoms in total. The highest BCUT2D eigenvalue weighted by atomic mass is 35.5. The molecule has 1 N–H and O–H groups in total. The van der Waals surface area contributed by atoms with Gasteiger partial charge in [-0.05, 0) is 55.7 Å². The van der Waals surface area contributed by atoms with Crippen molar-refractivity contribution in [3.63, 3.8) is 0 Å². The summed E-state index contributed by atoms with van der Waals surface area (Å²) in [6.45, 7) is 5.28. The fraction of sp³-hybridized carbons (Fsp3) is 0.333. The molecule has 0 aliphatic heterocycles. The number of carbonyl (C=O) groups is 2. The van der Waals surface area contributed by atoms with Crippen molar-refractivity contribution in [2.45, 2.75) is 57.1 Å². The van der Waals surface area contributed by atoms with Gasteiger partial charge in [0.05, 0.1) is 21.5 Å². The standard InChI is InChI=1S/C30H35Cl2N3O4S/c1-5-22(3)33-30(37)28(18-23-9-7-6-8-10-23)35(19-24-13-16-26(31)27(32)17-24)29(36)20-34(4)40(38,39)25-14-11-21(2)12-15-25/h6-17,22,28H,5,18-20H2,1-4H3,(H,33,37). The highest BCUT2D eigenvalue weighted by Gasteiger charge is 2.33. The normalized spacial score (nSPS) is 13.1. The van der Waals surface area contributed by atoms with Crippen molar-refractivity contribution in [1.29, 1.82) is 0 Å². The molecule has 3 aromatic carbocycles. The monoisotopic (exact) mass is 603 g/mol. The molecule has 10 heteroatoms. The van der Waals surface area contributed by atoms with E-state index in [9.17, 15) is 18.0 Å². The largest absolute Gasteiger partial charge is 0.352 e. The van der Waals surface area contributed by atoms with E-state index in [2.05, 4.69) is 5.32 Å². The number of sulfonamides is 1. The van der Waals surface area contributed by atoms with E-state index in [1.54, 1.807) is 30.3 Å². The Morgan fingerprint density at radius 2 is 1.57 bits per heavy atom. The van der Waals surface area contributed by atoms with Crippen molar-refractivity contribution in [3.05, 3.63) is 99.5 Å². The summed E-state index contributed by atoms with van der Waals surface area (Å²) in [6, 6.07) is 19.8. The zero-order chi connectivity index (χ0) is 29.4. The number of hydrogen-bond donors (Lipinski definition) is 1. The first-order valence-corrected chi connectivity index (χ1v) is 15.2. The molecule has 0 aliphatic carbocycles. The van der Waals surface area contributed by atoms with Gasteiger partial charge in [-0.2, -0.15) is 4.31 Å². The van der Waals surface area contributed by atoms with Crippen molar-refractivity contribution in [2.24, 2.45) is 0 Å². The summed E-state index contributed by atoms with van der Waals surface area (Å²) in [5.41, 5.74) is 2.43. The number of hydrogen-bond acceptors (Lipinski definition) is 4. The van der Waals surface area contributed by atoms with Gasteiger partial charge in [-0.25, -0.2) is 8.42 Å². The second-order valence-corrected chi connectivity index (χ2v) is 12.7. The zero-order valence-corrected chi connectivity index (χ0v) is 25.4. The van der Waals surface area contributed by atoms with Crippen LogP contribution in [-0.2, 0) is 32.6 Å². The van der Waals surface area contributed by atoms with E-state index >= 15 is 0 Å². The van der Waals surface area contributed by atoms with Gasteiger partial charge in [-0.1, -0.05) is 84.2 Å². The van der Waals surface area contributed by atoms with Gasteiger partial charge in [0.25, 0.3) is 0 Å². The Balaban J connectivity index is 2.00. The van der Waals surface area contributed by atoms with Crippen LogP contribution < -0.4 is 5.32 Å². The van der Waals surface area contributed by atoms with Crippen LogP contribution in [0.5, 0.6) is 0 Å². The summed E-state index contributed by atoms with van der Waals surface area (Å²) in [5.74, 6) is -0.847. The number of nitrogens with zero attached hydrogens (tertiary/aromatic N) is 2. The molecule has 3 rings (SSSR count). The lowest BCUT2D eigenvalue weighted by Crippen LogP contribution is -2.54. The molecular weight excluding hydrogens is 569 g/mol. The molecular formula is C30H35Cl2N3O4S. The number of rotatable bonds is 12. The average molecular weight is 605 g/mol. The number of benzene rings is 3. The second kappa shape index (κ2) is 14.1. The first-order chi connectivity index (χ1) is 18.9. The summed E-state index contributed by atoms with van der Waals surface area (Å²) in [6.07, 6.45) is 0.951. The van der Waals surface area contributed by atoms with Gasteiger partial charge in [-0.15, -0.1) is 0 Å². The quantitative estimate of drug-likeness (QED) is 0.297. The third kappa shape index (κ3) is 8.30. The first-order valence-electron chi connectivity index (χ1n) is 13.0. The number of aryl methyl sites for hydroxylation is 1. The number of carbonyl (C=O) groups excluding carboxylic acids is 2. The van der Waals surface area contributed by atoms with E-state index in [1.165, 1.54) is 24.1 Å². The summed E-state index contributed by atoms with van der Waals surface area (Å²) in [4.78, 5) is 29.0. The first kappa shape index (κ1) is 31.6. The van der Waals surface area contributed by atoms with Gasteiger partial charge in [0.15, 0.2) is 0 Å². The third-order valence-corrected chi connectivity index (χ3v) is 9.25. The molecule has 0 saturated carbocycles. The van der Waals surface area contributed by atoms with Crippen LogP contribution in [0.25, 0.3) is 0 Å². The van der Waals surface area contributed by atoms with E-state index in [1.807, 2.05) is 51.1 Å². The fourth-order valence-electron chi connectivity index (χ4n) is 4.09. The van der Waals surface area contributed by atoms with Crippen molar-refractivity contribution in [3.8, 4) is 0 Å². The van der Waals surface area contributed by atoms with Crippen molar-refractivity contribution in [1.82, 2.24) is 14.5 Å². The van der Waals surface area contributed by atoms with Gasteiger partial charge >= 0.3 is 0 Å². The number of halogens is 2. The van der Waals surface area contributed by atoms with Gasteiger partial charge in [0, 0.05) is 26.1 Å². The molecule has 214 valence electrons. The maximum absolute atomic E-state index is 13.9. The predicted molar refractivity (Wildman–Crippen MR) is 160 cm³/mol. The Morgan fingerprint density at radius 3 is 2.17 bits per heavy atom. The SMILES string of the molecule is CCC(C)NC(=O)C(Cc1ccccc1)N(Cc1ccc(Cl)c(Cl)c1)C(=O)CN(C)S(=O)(=O)c1ccc(C)cc1. The molecule has 0 aromatic heterocycles. The Morgan fingerprint density at radius 1 is 0.925 bits per heavy atom. The number of nitrogens with one attached hydrogen (secondary N) is 1. The van der Waals surface area contributed by atoms with Crippen molar-refractivity contribution in [2.75, 3.05) is 13.6 Å². The van der Waals surface area contributed by atoms with Crippen LogP contribution >= 0.6 is 23.2 Å². The van der Waals surface area contributed by atoms with Crippen LogP contribution in [0.15, 0.2) is 77.7 Å². The number of amides is 2. The minimum atomic E-state index is -3.95. The molecule has 2 amide bonds. The second-order valence-electron chi connectivity index (χ2n) is 9.87. The van der Waals surface area contributed by atoms with E-state index in [4.69, 9.17) is 23.2 Å². The Bertz CT molecular complexity index is 1420. The van der Waals surface area contributed by atoms with Crippen LogP contribution in [0.4, 0.5) is 0 Å². The van der Waals surface area contributed by atoms with Crippen molar-refractivity contribution >= 4 is 45.0 Å². The molecule has 0 radical (unpaired) electrons. The average Bonchev–Trinajstić information content (AvgIpc) is 2.93. The highest BCUT2D eigenvalue weighted by Crippen LogP contribution is 2.25. The maximum atomic E-state index is 13.9. The Kier molecular flexibility index (Phi) is 11.2. The maximum Gasteiger partial charge on any atom is 0.243 e. The van der Waals surface area contributed by atoms with E-state index < -0.39 is 28.5 Å². The summed E-state index contributed by atoms with van der Waals surface area (Å²) >= 11 is 12.4. The Hall–Kier alpha value is -2.91. The number of likely N-dealkylation sites (N-methyl/N-ethyl adjacent to an activating group) is 1. The van der Waals surface area contributed by atoms with E-state index in [0.29, 0.717) is 22.0 Å². The van der Waals surface area contributed by atoms with Crippen molar-refractivity contribution < 1.29 is 18.0 Å². The fourth-order valence-corrected chi connectivity index (χ4v) is 5.53. The van der Waals surface area contributed by atoms with E-state index in [-0.39, 0.29) is 29.8 Å². The van der Waals surface area contributed by atoms with Gasteiger partial charge in [-0.3, -0.25) is 9.59 Å². The third-order valence-electron chi connectivity index (χ3n) is 6.70. The molecule has 0 heterocycles. The van der Waals surface area contributed by atoms with Gasteiger partial charge in [0.2, 0.25) is 21.8 Å².